The van der Waals surface area contributed by atoms with Crippen LogP contribution < -0.4 is 4.74 Å². The molecule has 0 aliphatic carbocycles. The fourth-order valence-corrected chi connectivity index (χ4v) is 2.80. The number of rotatable bonds is 6. The summed E-state index contributed by atoms with van der Waals surface area (Å²) in [6.45, 7) is 0.587. The molecular weight excluding hydrogens is 350 g/mol. The second-order valence-corrected chi connectivity index (χ2v) is 6.07. The highest BCUT2D eigenvalue weighted by molar-refractivity contribution is 5.60. The van der Waals surface area contributed by atoms with Crippen molar-refractivity contribution in [1.29, 1.82) is 0 Å². The highest BCUT2D eigenvalue weighted by atomic mass is 16.5. The average molecular weight is 369 g/mol. The summed E-state index contributed by atoms with van der Waals surface area (Å²) in [5, 5.41) is 4.65. The van der Waals surface area contributed by atoms with Gasteiger partial charge in [0.25, 0.3) is 0 Å². The zero-order valence-corrected chi connectivity index (χ0v) is 15.4. The van der Waals surface area contributed by atoms with Crippen molar-refractivity contribution in [2.45, 2.75) is 6.54 Å². The van der Waals surface area contributed by atoms with Gasteiger partial charge in [-0.1, -0.05) is 42.5 Å². The van der Waals surface area contributed by atoms with Crippen molar-refractivity contribution >= 4 is 6.08 Å². The van der Waals surface area contributed by atoms with E-state index >= 15 is 0 Å². The van der Waals surface area contributed by atoms with Crippen LogP contribution in [0.4, 0.5) is 0 Å². The Morgan fingerprint density at radius 3 is 2.54 bits per heavy atom. The minimum Gasteiger partial charge on any atom is -0.497 e. The number of methoxy groups -OCH3 is 1. The standard InChI is InChI=1S/C22H19N5O/c1-28-19-11-9-18(10-12-19)22-25-21(20-16-23-13-14-24-20)26-27(22)15-5-8-17-6-3-2-4-7-17/h2-14,16H,15H2,1H3/b8-5+. The summed E-state index contributed by atoms with van der Waals surface area (Å²) < 4.78 is 7.12. The van der Waals surface area contributed by atoms with Gasteiger partial charge in [-0.3, -0.25) is 4.98 Å². The summed E-state index contributed by atoms with van der Waals surface area (Å²) >= 11 is 0. The third kappa shape index (κ3) is 3.96. The monoisotopic (exact) mass is 369 g/mol. The summed E-state index contributed by atoms with van der Waals surface area (Å²) in [5.74, 6) is 2.11. The zero-order chi connectivity index (χ0) is 19.2. The van der Waals surface area contributed by atoms with Crippen molar-refractivity contribution < 1.29 is 4.74 Å². The molecule has 0 saturated carbocycles. The minimum atomic E-state index is 0.548. The van der Waals surface area contributed by atoms with Crippen LogP contribution in [-0.2, 0) is 6.54 Å². The molecule has 2 aromatic heterocycles. The maximum Gasteiger partial charge on any atom is 0.201 e. The number of allylic oxidation sites excluding steroid dienone is 1. The minimum absolute atomic E-state index is 0.548. The van der Waals surface area contributed by atoms with Gasteiger partial charge in [-0.25, -0.2) is 14.6 Å². The van der Waals surface area contributed by atoms with E-state index in [1.54, 1.807) is 25.7 Å². The van der Waals surface area contributed by atoms with Crippen LogP contribution in [0, 0.1) is 0 Å². The lowest BCUT2D eigenvalue weighted by Crippen LogP contribution is -2.01. The molecule has 0 radical (unpaired) electrons. The lowest BCUT2D eigenvalue weighted by molar-refractivity contribution is 0.415. The molecule has 28 heavy (non-hydrogen) atoms. The fourth-order valence-electron chi connectivity index (χ4n) is 2.80. The van der Waals surface area contributed by atoms with E-state index in [4.69, 9.17) is 9.72 Å². The van der Waals surface area contributed by atoms with Gasteiger partial charge in [0.1, 0.15) is 11.4 Å². The van der Waals surface area contributed by atoms with E-state index < -0.39 is 0 Å². The molecule has 4 rings (SSSR count). The third-order valence-electron chi connectivity index (χ3n) is 4.20. The summed E-state index contributed by atoms with van der Waals surface area (Å²) in [6.07, 6.45) is 9.07. The van der Waals surface area contributed by atoms with E-state index in [9.17, 15) is 0 Å². The van der Waals surface area contributed by atoms with Crippen molar-refractivity contribution in [1.82, 2.24) is 24.7 Å². The molecule has 0 atom stereocenters. The molecule has 2 heterocycles. The second kappa shape index (κ2) is 8.26. The first-order chi connectivity index (χ1) is 13.8. The van der Waals surface area contributed by atoms with Gasteiger partial charge >= 0.3 is 0 Å². The van der Waals surface area contributed by atoms with Gasteiger partial charge in [0.05, 0.1) is 19.9 Å². The highest BCUT2D eigenvalue weighted by Crippen LogP contribution is 2.23. The normalized spacial score (nSPS) is 11.0. The predicted molar refractivity (Wildman–Crippen MR) is 109 cm³/mol. The van der Waals surface area contributed by atoms with E-state index in [0.717, 1.165) is 22.7 Å². The van der Waals surface area contributed by atoms with Crippen LogP contribution in [0.25, 0.3) is 29.0 Å². The predicted octanol–water partition coefficient (Wildman–Crippen LogP) is 4.12. The summed E-state index contributed by atoms with van der Waals surface area (Å²) in [7, 11) is 1.65. The van der Waals surface area contributed by atoms with Gasteiger partial charge in [0.2, 0.25) is 5.82 Å². The maximum atomic E-state index is 5.25. The van der Waals surface area contributed by atoms with E-state index in [2.05, 4.69) is 39.4 Å². The molecule has 6 nitrogen and oxygen atoms in total. The van der Waals surface area contributed by atoms with E-state index in [0.29, 0.717) is 18.1 Å². The molecule has 0 bridgehead atoms. The largest absolute Gasteiger partial charge is 0.497 e. The van der Waals surface area contributed by atoms with E-state index in [1.165, 1.54) is 0 Å². The van der Waals surface area contributed by atoms with Crippen LogP contribution >= 0.6 is 0 Å². The SMILES string of the molecule is COc1ccc(-c2nc(-c3cnccn3)nn2C/C=C/c2ccccc2)cc1. The Morgan fingerprint density at radius 1 is 1.00 bits per heavy atom. The molecule has 2 aromatic carbocycles. The van der Waals surface area contributed by atoms with Gasteiger partial charge in [-0.2, -0.15) is 0 Å². The molecule has 0 aliphatic heterocycles. The molecule has 6 heteroatoms. The number of nitrogens with zero attached hydrogens (tertiary/aromatic N) is 5. The fraction of sp³-hybridized carbons (Fsp3) is 0.0909. The summed E-state index contributed by atoms with van der Waals surface area (Å²) in [6, 6.07) is 17.9. The van der Waals surface area contributed by atoms with Gasteiger partial charge in [-0.15, -0.1) is 5.10 Å². The van der Waals surface area contributed by atoms with Crippen LogP contribution in [0.15, 0.2) is 79.3 Å². The highest BCUT2D eigenvalue weighted by Gasteiger charge is 2.14. The average Bonchev–Trinajstić information content (AvgIpc) is 3.19. The first kappa shape index (κ1) is 17.6. The number of hydrogen-bond donors (Lipinski definition) is 0. The Labute approximate surface area is 163 Å². The molecule has 0 spiro atoms. The Kier molecular flexibility index (Phi) is 5.20. The second-order valence-electron chi connectivity index (χ2n) is 6.07. The molecule has 0 fully saturated rings. The van der Waals surface area contributed by atoms with Crippen LogP contribution in [-0.4, -0.2) is 31.8 Å². The first-order valence-electron chi connectivity index (χ1n) is 8.91. The van der Waals surface area contributed by atoms with Crippen LogP contribution in [0.2, 0.25) is 0 Å². The van der Waals surface area contributed by atoms with Crippen molar-refractivity contribution in [2.75, 3.05) is 7.11 Å². The quantitative estimate of drug-likeness (QED) is 0.511. The van der Waals surface area contributed by atoms with Crippen molar-refractivity contribution in [3.8, 4) is 28.7 Å². The third-order valence-corrected chi connectivity index (χ3v) is 4.20. The van der Waals surface area contributed by atoms with E-state index in [-0.39, 0.29) is 0 Å². The van der Waals surface area contributed by atoms with Crippen molar-refractivity contribution in [2.24, 2.45) is 0 Å². The molecule has 138 valence electrons. The van der Waals surface area contributed by atoms with Crippen molar-refractivity contribution in [3.63, 3.8) is 0 Å². The Hall–Kier alpha value is -3.80. The Morgan fingerprint density at radius 2 is 1.82 bits per heavy atom. The number of benzene rings is 2. The van der Waals surface area contributed by atoms with Gasteiger partial charge in [0.15, 0.2) is 5.82 Å². The molecular formula is C22H19N5O. The number of aromatic nitrogens is 5. The summed E-state index contributed by atoms with van der Waals surface area (Å²) in [4.78, 5) is 13.1. The number of hydrogen-bond acceptors (Lipinski definition) is 5. The Bertz CT molecular complexity index is 1060. The van der Waals surface area contributed by atoms with Gasteiger partial charge < -0.3 is 4.74 Å². The zero-order valence-electron chi connectivity index (χ0n) is 15.4. The van der Waals surface area contributed by atoms with Gasteiger partial charge in [0, 0.05) is 18.0 Å². The van der Waals surface area contributed by atoms with Crippen LogP contribution in [0.3, 0.4) is 0 Å². The van der Waals surface area contributed by atoms with E-state index in [1.807, 2.05) is 47.1 Å². The lowest BCUT2D eigenvalue weighted by atomic mass is 10.2. The summed E-state index contributed by atoms with van der Waals surface area (Å²) in [5.41, 5.74) is 2.74. The smallest absolute Gasteiger partial charge is 0.201 e. The molecule has 0 saturated heterocycles. The first-order valence-corrected chi connectivity index (χ1v) is 8.91. The lowest BCUT2D eigenvalue weighted by Gasteiger charge is -2.04. The molecule has 0 unspecified atom stereocenters. The topological polar surface area (TPSA) is 65.7 Å². The molecule has 0 aliphatic rings. The van der Waals surface area contributed by atoms with Crippen LogP contribution in [0.1, 0.15) is 5.56 Å². The van der Waals surface area contributed by atoms with Gasteiger partial charge in [-0.05, 0) is 29.8 Å². The van der Waals surface area contributed by atoms with Crippen molar-refractivity contribution in [3.05, 3.63) is 84.8 Å². The molecule has 0 amide bonds. The molecule has 4 aromatic rings. The van der Waals surface area contributed by atoms with Crippen LogP contribution in [0.5, 0.6) is 5.75 Å². The maximum absolute atomic E-state index is 5.25. The Balaban J connectivity index is 1.68. The number of ether oxygens (including phenoxy) is 1. The molecule has 0 N–H and O–H groups in total.